The molecular weight excluding hydrogens is 1060 g/mol. The Morgan fingerprint density at radius 2 is 0.795 bits per heavy atom. The summed E-state index contributed by atoms with van der Waals surface area (Å²) in [4.78, 5) is 29.9. The predicted octanol–water partition coefficient (Wildman–Crippen LogP) is 13.0. The maximum atomic E-state index is 12.7. The summed E-state index contributed by atoms with van der Waals surface area (Å²) in [5.74, 6) is 0.890. The molecule has 0 N–H and O–H groups in total. The fourth-order valence-corrected chi connectivity index (χ4v) is 9.44. The SMILES string of the molecule is CCN(CC)c1ccc2c(-c3ccccc3C(=O)OC)c3ccc(=[N+](CC)CC)cc-3oc2c1.CCN(CC)c1ccc2c(-c3ccccc3C(=O)OC)c3ccc(=[N+](CC)CC)cc-3oc2c1.Cl.Cl.Cl.Cl.[Zn]. The molecule has 0 bridgehead atoms. The molecule has 386 valence electrons. The molecule has 0 spiro atoms. The molecule has 0 unspecified atom stereocenters. The third-order valence-corrected chi connectivity index (χ3v) is 13.1. The van der Waals surface area contributed by atoms with Gasteiger partial charge in [0.15, 0.2) is 0 Å². The number of fused-ring (bicyclic) bond motifs is 4. The third kappa shape index (κ3) is 13.3. The van der Waals surface area contributed by atoms with Crippen LogP contribution in [-0.4, -0.2) is 78.5 Å². The number of carbonyl (C=O) groups is 2. The van der Waals surface area contributed by atoms with Gasteiger partial charge in [-0.1, -0.05) is 36.4 Å². The molecule has 73 heavy (non-hydrogen) atoms. The smallest absolute Gasteiger partial charge is 0.338 e. The van der Waals surface area contributed by atoms with Crippen molar-refractivity contribution >= 4 is 94.9 Å². The van der Waals surface area contributed by atoms with E-state index < -0.39 is 0 Å². The Morgan fingerprint density at radius 3 is 1.11 bits per heavy atom. The number of methoxy groups -OCH3 is 2. The number of hydrogen-bond donors (Lipinski definition) is 0. The van der Waals surface area contributed by atoms with Crippen molar-refractivity contribution in [3.05, 3.63) is 143 Å². The van der Waals surface area contributed by atoms with Crippen molar-refractivity contribution in [2.75, 3.05) is 76.4 Å². The number of nitrogens with zero attached hydrogens (tertiary/aromatic N) is 4. The Kier molecular flexibility index (Phi) is 25.7. The minimum absolute atomic E-state index is 0. The van der Waals surface area contributed by atoms with E-state index in [4.69, 9.17) is 18.3 Å². The van der Waals surface area contributed by atoms with Crippen LogP contribution in [0.2, 0.25) is 0 Å². The van der Waals surface area contributed by atoms with Gasteiger partial charge < -0.3 is 28.1 Å². The summed E-state index contributed by atoms with van der Waals surface area (Å²) in [7, 11) is 2.84. The van der Waals surface area contributed by atoms with Gasteiger partial charge in [0.25, 0.3) is 0 Å². The molecule has 0 atom stereocenters. The van der Waals surface area contributed by atoms with Crippen molar-refractivity contribution < 1.29 is 47.4 Å². The topological polar surface area (TPSA) is 91.4 Å². The minimum Gasteiger partial charge on any atom is -0.465 e. The second-order valence-corrected chi connectivity index (χ2v) is 16.4. The monoisotopic (exact) mass is 1120 g/mol. The first kappa shape index (κ1) is 63.7. The fourth-order valence-electron chi connectivity index (χ4n) is 9.44. The molecule has 2 aliphatic carbocycles. The molecule has 4 aliphatic rings. The van der Waals surface area contributed by atoms with Gasteiger partial charge in [-0.2, -0.15) is 0 Å². The van der Waals surface area contributed by atoms with E-state index in [0.29, 0.717) is 11.1 Å². The molecular formula is C58H70Cl4N4O6Zn+2. The first-order valence-corrected chi connectivity index (χ1v) is 24.1. The predicted molar refractivity (Wildman–Crippen MR) is 308 cm³/mol. The molecule has 0 aromatic heterocycles. The van der Waals surface area contributed by atoms with E-state index in [2.05, 4.69) is 147 Å². The van der Waals surface area contributed by atoms with E-state index in [1.807, 2.05) is 48.5 Å². The molecule has 0 saturated heterocycles. The zero-order chi connectivity index (χ0) is 48.5. The van der Waals surface area contributed by atoms with Crippen LogP contribution in [-0.2, 0) is 29.0 Å². The van der Waals surface area contributed by atoms with E-state index in [0.717, 1.165) is 141 Å². The Morgan fingerprint density at radius 1 is 0.452 bits per heavy atom. The maximum absolute atomic E-state index is 12.7. The number of carbonyl (C=O) groups excluding carboxylic acids is 2. The van der Waals surface area contributed by atoms with Crippen LogP contribution in [0.15, 0.2) is 130 Å². The van der Waals surface area contributed by atoms with Gasteiger partial charge in [0.1, 0.15) is 48.9 Å². The van der Waals surface area contributed by atoms with Crippen molar-refractivity contribution in [2.45, 2.75) is 55.4 Å². The van der Waals surface area contributed by atoms with Crippen LogP contribution in [0.3, 0.4) is 0 Å². The quantitative estimate of drug-likeness (QED) is 0.0460. The molecule has 10 nitrogen and oxygen atoms in total. The van der Waals surface area contributed by atoms with Crippen LogP contribution < -0.4 is 29.7 Å². The van der Waals surface area contributed by atoms with Crippen LogP contribution in [0.4, 0.5) is 11.4 Å². The number of benzene rings is 6. The van der Waals surface area contributed by atoms with E-state index in [9.17, 15) is 9.59 Å². The Bertz CT molecular complexity index is 2960. The zero-order valence-corrected chi connectivity index (χ0v) is 50.0. The van der Waals surface area contributed by atoms with Crippen LogP contribution in [0.25, 0.3) is 66.8 Å². The molecule has 15 heteroatoms. The number of hydrogen-bond acceptors (Lipinski definition) is 8. The van der Waals surface area contributed by atoms with Crippen molar-refractivity contribution in [2.24, 2.45) is 0 Å². The van der Waals surface area contributed by atoms with Gasteiger partial charge >= 0.3 is 11.9 Å². The van der Waals surface area contributed by atoms with Gasteiger partial charge in [-0.05, 0) is 115 Å². The van der Waals surface area contributed by atoms with Crippen LogP contribution in [0.1, 0.15) is 76.1 Å². The summed E-state index contributed by atoms with van der Waals surface area (Å²) >= 11 is 0. The van der Waals surface area contributed by atoms with Crippen molar-refractivity contribution in [3.63, 3.8) is 0 Å². The van der Waals surface area contributed by atoms with Gasteiger partial charge in [0.2, 0.25) is 10.7 Å². The molecule has 8 rings (SSSR count). The summed E-state index contributed by atoms with van der Waals surface area (Å²) < 4.78 is 27.9. The van der Waals surface area contributed by atoms with Gasteiger partial charge in [-0.15, -0.1) is 49.6 Å². The molecule has 2 aliphatic heterocycles. The molecule has 0 radical (unpaired) electrons. The Balaban J connectivity index is 0.000000468. The molecule has 2 heterocycles. The normalized spacial score (nSPS) is 10.3. The Hall–Kier alpha value is -5.42. The van der Waals surface area contributed by atoms with E-state index in [1.54, 1.807) is 0 Å². The standard InChI is InChI=1S/2C29H33N2O3.4ClH.Zn/c2*1-6-30(7-2)20-14-16-24-26(18-20)34-27-19-21(31(8-3)9-4)15-17-25(27)28(24)22-12-10-11-13-23(22)29(32)33-5;;;;;/h2*10-19H,6-9H2,1-5H3;4*1H;/q2*+1;;;;;. The summed E-state index contributed by atoms with van der Waals surface area (Å²) in [5, 5.41) is 4.17. The number of ether oxygens (including phenoxy) is 2. The molecule has 0 saturated carbocycles. The zero-order valence-electron chi connectivity index (χ0n) is 43.8. The molecule has 0 fully saturated rings. The van der Waals surface area contributed by atoms with Crippen molar-refractivity contribution in [1.82, 2.24) is 9.15 Å². The van der Waals surface area contributed by atoms with E-state index >= 15 is 0 Å². The van der Waals surface area contributed by atoms with Gasteiger partial charge in [0, 0.05) is 114 Å². The Labute approximate surface area is 468 Å². The second kappa shape index (κ2) is 29.5. The van der Waals surface area contributed by atoms with Crippen molar-refractivity contribution in [1.29, 1.82) is 0 Å². The number of rotatable bonds is 14. The first-order valence-electron chi connectivity index (χ1n) is 24.1. The second-order valence-electron chi connectivity index (χ2n) is 16.4. The average Bonchev–Trinajstić information content (AvgIpc) is 3.38. The van der Waals surface area contributed by atoms with Crippen LogP contribution in [0.5, 0.6) is 0 Å². The maximum Gasteiger partial charge on any atom is 0.338 e. The molecule has 4 aromatic carbocycles. The summed E-state index contributed by atoms with van der Waals surface area (Å²) in [5.41, 5.74) is 10.5. The van der Waals surface area contributed by atoms with E-state index in [1.165, 1.54) is 14.2 Å². The van der Waals surface area contributed by atoms with Crippen molar-refractivity contribution in [3.8, 4) is 44.9 Å². The number of anilines is 2. The van der Waals surface area contributed by atoms with E-state index in [-0.39, 0.29) is 81.0 Å². The van der Waals surface area contributed by atoms with Gasteiger partial charge in [-0.25, -0.2) is 18.7 Å². The molecule has 4 aromatic rings. The number of esters is 2. The average molecular weight is 1130 g/mol. The summed E-state index contributed by atoms with van der Waals surface area (Å²) in [6.45, 7) is 24.6. The minimum atomic E-state index is -0.350. The van der Waals surface area contributed by atoms with Gasteiger partial charge in [-0.3, -0.25) is 0 Å². The number of halogens is 4. The fraction of sp³-hybridized carbons (Fsp3) is 0.310. The third-order valence-electron chi connectivity index (χ3n) is 13.1. The first-order chi connectivity index (χ1) is 33.1. The van der Waals surface area contributed by atoms with Crippen LogP contribution in [0, 0.1) is 0 Å². The molecule has 0 amide bonds. The van der Waals surface area contributed by atoms with Crippen LogP contribution >= 0.6 is 49.6 Å². The summed E-state index contributed by atoms with van der Waals surface area (Å²) in [6.07, 6.45) is 0. The largest absolute Gasteiger partial charge is 0.465 e. The summed E-state index contributed by atoms with van der Waals surface area (Å²) in [6, 6.07) is 40.6. The van der Waals surface area contributed by atoms with Gasteiger partial charge in [0.05, 0.1) is 37.5 Å².